The van der Waals surface area contributed by atoms with Crippen LogP contribution in [0.4, 0.5) is 0 Å². The molecule has 1 heterocycles. The van der Waals surface area contributed by atoms with Crippen molar-refractivity contribution in [3.63, 3.8) is 0 Å². The van der Waals surface area contributed by atoms with Crippen molar-refractivity contribution in [2.45, 2.75) is 13.8 Å². The number of aliphatic imine (C=N–C) groups is 1. The van der Waals surface area contributed by atoms with E-state index in [1.54, 1.807) is 0 Å². The van der Waals surface area contributed by atoms with Gasteiger partial charge >= 0.3 is 0 Å². The zero-order chi connectivity index (χ0) is 17.7. The van der Waals surface area contributed by atoms with Gasteiger partial charge in [-0.25, -0.2) is 0 Å². The van der Waals surface area contributed by atoms with E-state index in [1.807, 2.05) is 30.3 Å². The van der Waals surface area contributed by atoms with Crippen LogP contribution < -0.4 is 15.4 Å². The minimum Gasteiger partial charge on any atom is -0.492 e. The Labute approximate surface area is 174 Å². The van der Waals surface area contributed by atoms with Crippen molar-refractivity contribution in [3.8, 4) is 5.75 Å². The monoisotopic (exact) mass is 476 g/mol. The van der Waals surface area contributed by atoms with Gasteiger partial charge in [-0.15, -0.1) is 24.0 Å². The summed E-state index contributed by atoms with van der Waals surface area (Å²) in [4.78, 5) is 7.16. The Kier molecular flexibility index (Phi) is 12.4. The molecule has 6 nitrogen and oxygen atoms in total. The second kappa shape index (κ2) is 14.1. The summed E-state index contributed by atoms with van der Waals surface area (Å²) in [5, 5.41) is 6.62. The Morgan fingerprint density at radius 2 is 1.96 bits per heavy atom. The number of hydrogen-bond donors (Lipinski definition) is 2. The normalized spacial score (nSPS) is 16.5. The van der Waals surface area contributed by atoms with Gasteiger partial charge < -0.3 is 20.1 Å². The fourth-order valence-electron chi connectivity index (χ4n) is 2.73. The Morgan fingerprint density at radius 3 is 2.65 bits per heavy atom. The maximum absolute atomic E-state index is 5.70. The lowest BCUT2D eigenvalue weighted by molar-refractivity contribution is 0.0323. The summed E-state index contributed by atoms with van der Waals surface area (Å²) in [5.41, 5.74) is 0. The van der Waals surface area contributed by atoms with E-state index in [4.69, 9.17) is 14.5 Å². The highest BCUT2D eigenvalue weighted by Gasteiger charge is 2.13. The van der Waals surface area contributed by atoms with Crippen LogP contribution in [0.1, 0.15) is 13.8 Å². The highest BCUT2D eigenvalue weighted by molar-refractivity contribution is 14.0. The van der Waals surface area contributed by atoms with Gasteiger partial charge in [0.05, 0.1) is 19.8 Å². The molecule has 0 bridgehead atoms. The Hall–Kier alpha value is -1.06. The summed E-state index contributed by atoms with van der Waals surface area (Å²) in [6, 6.07) is 9.87. The van der Waals surface area contributed by atoms with E-state index in [2.05, 4.69) is 29.4 Å². The van der Waals surface area contributed by atoms with Crippen molar-refractivity contribution in [1.29, 1.82) is 0 Å². The average Bonchev–Trinajstić information content (AvgIpc) is 2.65. The molecule has 0 radical (unpaired) electrons. The molecule has 0 amide bonds. The van der Waals surface area contributed by atoms with Crippen LogP contribution in [0.5, 0.6) is 5.75 Å². The molecular formula is C19H33IN4O2. The predicted molar refractivity (Wildman–Crippen MR) is 118 cm³/mol. The number of para-hydroxylation sites is 1. The summed E-state index contributed by atoms with van der Waals surface area (Å²) in [5.74, 6) is 2.27. The first kappa shape index (κ1) is 23.0. The molecule has 26 heavy (non-hydrogen) atoms. The van der Waals surface area contributed by atoms with Gasteiger partial charge in [0.2, 0.25) is 0 Å². The lowest BCUT2D eigenvalue weighted by Gasteiger charge is -2.28. The van der Waals surface area contributed by atoms with Crippen LogP contribution in [0.25, 0.3) is 0 Å². The third-order valence-corrected chi connectivity index (χ3v) is 3.99. The number of hydrogen-bond acceptors (Lipinski definition) is 4. The molecule has 0 spiro atoms. The zero-order valence-corrected chi connectivity index (χ0v) is 18.3. The molecule has 1 aromatic rings. The number of nitrogens with one attached hydrogen (secondary N) is 2. The minimum absolute atomic E-state index is 0. The fraction of sp³-hybridized carbons (Fsp3) is 0.632. The highest BCUT2D eigenvalue weighted by Crippen LogP contribution is 2.07. The number of rotatable bonds is 9. The molecular weight excluding hydrogens is 443 g/mol. The van der Waals surface area contributed by atoms with E-state index in [1.165, 1.54) is 0 Å². The molecule has 0 aromatic heterocycles. The van der Waals surface area contributed by atoms with Crippen molar-refractivity contribution in [1.82, 2.24) is 15.5 Å². The Morgan fingerprint density at radius 1 is 1.23 bits per heavy atom. The van der Waals surface area contributed by atoms with Crippen LogP contribution in [0.2, 0.25) is 0 Å². The van der Waals surface area contributed by atoms with Gasteiger partial charge in [-0.1, -0.05) is 25.1 Å². The molecule has 7 heteroatoms. The number of guanidine groups is 1. The molecule has 0 aliphatic carbocycles. The zero-order valence-electron chi connectivity index (χ0n) is 15.9. The molecule has 1 fully saturated rings. The number of benzene rings is 1. The van der Waals surface area contributed by atoms with Crippen LogP contribution in [0.15, 0.2) is 35.3 Å². The summed E-state index contributed by atoms with van der Waals surface area (Å²) in [6.45, 7) is 12.2. The second-order valence-electron chi connectivity index (χ2n) is 6.33. The summed E-state index contributed by atoms with van der Waals surface area (Å²) >= 11 is 0. The number of ether oxygens (including phenoxy) is 2. The van der Waals surface area contributed by atoms with Crippen LogP contribution >= 0.6 is 24.0 Å². The van der Waals surface area contributed by atoms with E-state index in [9.17, 15) is 0 Å². The standard InChI is InChI=1S/C19H32N4O2.HI/c1-3-20-19(21-9-12-25-18-7-5-4-6-8-18)22-15-17(2)16-23-10-13-24-14-11-23;/h4-8,17H,3,9-16H2,1-2H3,(H2,20,21,22);1H. The van der Waals surface area contributed by atoms with Crippen molar-refractivity contribution in [2.24, 2.45) is 10.9 Å². The molecule has 1 saturated heterocycles. The van der Waals surface area contributed by atoms with E-state index >= 15 is 0 Å². The molecule has 1 aliphatic heterocycles. The molecule has 0 saturated carbocycles. The third-order valence-electron chi connectivity index (χ3n) is 3.99. The van der Waals surface area contributed by atoms with Gasteiger partial charge in [-0.05, 0) is 25.0 Å². The van der Waals surface area contributed by atoms with Gasteiger partial charge in [0.1, 0.15) is 12.4 Å². The topological polar surface area (TPSA) is 58.1 Å². The minimum atomic E-state index is 0. The fourth-order valence-corrected chi connectivity index (χ4v) is 2.73. The van der Waals surface area contributed by atoms with Gasteiger partial charge in [0.25, 0.3) is 0 Å². The van der Waals surface area contributed by atoms with Gasteiger partial charge in [0.15, 0.2) is 5.96 Å². The van der Waals surface area contributed by atoms with Crippen molar-refractivity contribution < 1.29 is 9.47 Å². The maximum Gasteiger partial charge on any atom is 0.191 e. The molecule has 1 unspecified atom stereocenters. The van der Waals surface area contributed by atoms with Crippen molar-refractivity contribution >= 4 is 29.9 Å². The SMILES string of the molecule is CCNC(=NCC(C)CN1CCOCC1)NCCOc1ccccc1.I. The Balaban J connectivity index is 0.00000338. The molecule has 1 aliphatic rings. The Bertz CT molecular complexity index is 496. The van der Waals surface area contributed by atoms with Crippen LogP contribution in [-0.4, -0.2) is 69.9 Å². The molecule has 2 rings (SSSR count). The lowest BCUT2D eigenvalue weighted by Crippen LogP contribution is -2.41. The van der Waals surface area contributed by atoms with Crippen molar-refractivity contribution in [2.75, 3.05) is 59.1 Å². The first-order valence-corrected chi connectivity index (χ1v) is 9.28. The largest absolute Gasteiger partial charge is 0.492 e. The molecule has 148 valence electrons. The molecule has 2 N–H and O–H groups in total. The van der Waals surface area contributed by atoms with E-state index in [-0.39, 0.29) is 24.0 Å². The van der Waals surface area contributed by atoms with E-state index in [0.29, 0.717) is 12.5 Å². The van der Waals surface area contributed by atoms with Crippen LogP contribution in [0, 0.1) is 5.92 Å². The van der Waals surface area contributed by atoms with Gasteiger partial charge in [0, 0.05) is 32.7 Å². The number of nitrogens with zero attached hydrogens (tertiary/aromatic N) is 2. The summed E-state index contributed by atoms with van der Waals surface area (Å²) in [7, 11) is 0. The summed E-state index contributed by atoms with van der Waals surface area (Å²) in [6.07, 6.45) is 0. The van der Waals surface area contributed by atoms with E-state index < -0.39 is 0 Å². The van der Waals surface area contributed by atoms with Crippen molar-refractivity contribution in [3.05, 3.63) is 30.3 Å². The van der Waals surface area contributed by atoms with Crippen LogP contribution in [0.3, 0.4) is 0 Å². The highest BCUT2D eigenvalue weighted by atomic mass is 127. The number of morpholine rings is 1. The first-order chi connectivity index (χ1) is 12.3. The van der Waals surface area contributed by atoms with Gasteiger partial charge in [-0.2, -0.15) is 0 Å². The maximum atomic E-state index is 5.70. The second-order valence-corrected chi connectivity index (χ2v) is 6.33. The molecule has 1 aromatic carbocycles. The lowest BCUT2D eigenvalue weighted by atomic mass is 10.1. The first-order valence-electron chi connectivity index (χ1n) is 9.28. The average molecular weight is 476 g/mol. The molecule has 1 atom stereocenters. The smallest absolute Gasteiger partial charge is 0.191 e. The number of halogens is 1. The summed E-state index contributed by atoms with van der Waals surface area (Å²) < 4.78 is 11.1. The third kappa shape index (κ3) is 9.59. The van der Waals surface area contributed by atoms with Crippen LogP contribution in [-0.2, 0) is 4.74 Å². The van der Waals surface area contributed by atoms with E-state index in [0.717, 1.165) is 64.2 Å². The quantitative estimate of drug-likeness (QED) is 0.248. The van der Waals surface area contributed by atoms with Gasteiger partial charge in [-0.3, -0.25) is 9.89 Å². The predicted octanol–water partition coefficient (Wildman–Crippen LogP) is 2.21.